The number of hydrogen-bond acceptors (Lipinski definition) is 2. The lowest BCUT2D eigenvalue weighted by molar-refractivity contribution is 0.392. The Kier molecular flexibility index (Phi) is 8.87. The van der Waals surface area contributed by atoms with Gasteiger partial charge in [0.25, 0.3) is 0 Å². The normalized spacial score (nSPS) is 9.15. The molecule has 0 aromatic carbocycles. The van der Waals surface area contributed by atoms with Gasteiger partial charge in [-0.25, -0.2) is 4.98 Å². The van der Waals surface area contributed by atoms with Crippen molar-refractivity contribution in [3.8, 4) is 0 Å². The molecule has 1 rings (SSSR count). The van der Waals surface area contributed by atoms with Gasteiger partial charge in [0.2, 0.25) is 0 Å². The maximum atomic E-state index is 5.09. The molecule has 0 aliphatic carbocycles. The van der Waals surface area contributed by atoms with E-state index in [1.807, 2.05) is 27.7 Å². The van der Waals surface area contributed by atoms with E-state index in [4.69, 9.17) is 4.42 Å². The summed E-state index contributed by atoms with van der Waals surface area (Å²) in [5, 5.41) is 0. The first-order valence-electron chi connectivity index (χ1n) is 5.00. The molecule has 2 nitrogen and oxygen atoms in total. The van der Waals surface area contributed by atoms with E-state index in [0.717, 1.165) is 5.89 Å². The third-order valence-electron chi connectivity index (χ3n) is 1.07. The van der Waals surface area contributed by atoms with Crippen LogP contribution in [0.1, 0.15) is 54.4 Å². The van der Waals surface area contributed by atoms with Crippen molar-refractivity contribution < 1.29 is 4.42 Å². The number of oxazole rings is 1. The molecular formula is C11H23NO. The summed E-state index contributed by atoms with van der Waals surface area (Å²) < 4.78 is 5.09. The van der Waals surface area contributed by atoms with Gasteiger partial charge in [0.15, 0.2) is 5.89 Å². The number of hydrogen-bond donors (Lipinski definition) is 0. The van der Waals surface area contributed by atoms with Crippen LogP contribution in [0.5, 0.6) is 0 Å². The van der Waals surface area contributed by atoms with Crippen LogP contribution in [-0.4, -0.2) is 4.98 Å². The first-order chi connectivity index (χ1) is 6.11. The molecular weight excluding hydrogens is 162 g/mol. The Morgan fingerprint density at radius 1 is 1.08 bits per heavy atom. The molecule has 0 amide bonds. The maximum Gasteiger partial charge on any atom is 0.199 e. The fourth-order valence-corrected chi connectivity index (χ4v) is 0.594. The second-order valence-corrected chi connectivity index (χ2v) is 3.09. The zero-order valence-electron chi connectivity index (χ0n) is 10.0. The maximum absolute atomic E-state index is 5.09. The van der Waals surface area contributed by atoms with Crippen LogP contribution in [0.25, 0.3) is 0 Å². The van der Waals surface area contributed by atoms with Crippen molar-refractivity contribution in [2.45, 2.75) is 53.9 Å². The number of aromatic nitrogens is 1. The summed E-state index contributed by atoms with van der Waals surface area (Å²) in [6, 6.07) is 0. The summed E-state index contributed by atoms with van der Waals surface area (Å²) in [6.45, 7) is 14.2. The van der Waals surface area contributed by atoms with E-state index in [2.05, 4.69) is 25.8 Å². The minimum absolute atomic E-state index is 0.0451. The Morgan fingerprint density at radius 3 is 1.69 bits per heavy atom. The standard InChI is InChI=1S/C7H11NO.2C2H6/c1-7(2,3)6-8-4-5-9-6;2*1-2/h4-5H,1-3H3;2*1-2H3. The first-order valence-corrected chi connectivity index (χ1v) is 5.00. The Hall–Kier alpha value is -0.790. The van der Waals surface area contributed by atoms with Gasteiger partial charge >= 0.3 is 0 Å². The Balaban J connectivity index is 0. The van der Waals surface area contributed by atoms with Crippen molar-refractivity contribution in [1.29, 1.82) is 0 Å². The van der Waals surface area contributed by atoms with Crippen LogP contribution in [-0.2, 0) is 5.41 Å². The van der Waals surface area contributed by atoms with Gasteiger partial charge in [-0.15, -0.1) is 0 Å². The molecule has 2 heteroatoms. The van der Waals surface area contributed by atoms with Crippen molar-refractivity contribution in [3.05, 3.63) is 18.4 Å². The molecule has 1 aromatic heterocycles. The quantitative estimate of drug-likeness (QED) is 0.610. The Bertz CT molecular complexity index is 172. The van der Waals surface area contributed by atoms with Gasteiger partial charge in [-0.05, 0) is 0 Å². The highest BCUT2D eigenvalue weighted by molar-refractivity contribution is 4.95. The van der Waals surface area contributed by atoms with Crippen LogP contribution in [0.2, 0.25) is 0 Å². The minimum Gasteiger partial charge on any atom is -0.448 e. The summed E-state index contributed by atoms with van der Waals surface area (Å²) in [4.78, 5) is 4.02. The lowest BCUT2D eigenvalue weighted by atomic mass is 9.97. The van der Waals surface area contributed by atoms with Crippen LogP contribution < -0.4 is 0 Å². The summed E-state index contributed by atoms with van der Waals surface area (Å²) in [5.74, 6) is 0.794. The molecule has 0 aliphatic heterocycles. The Morgan fingerprint density at radius 2 is 1.54 bits per heavy atom. The van der Waals surface area contributed by atoms with Gasteiger partial charge in [-0.3, -0.25) is 0 Å². The van der Waals surface area contributed by atoms with Gasteiger partial charge in [0.05, 0.1) is 6.20 Å². The number of rotatable bonds is 0. The third-order valence-corrected chi connectivity index (χ3v) is 1.07. The van der Waals surface area contributed by atoms with Crippen molar-refractivity contribution in [2.24, 2.45) is 0 Å². The lowest BCUT2D eigenvalue weighted by Crippen LogP contribution is -2.10. The molecule has 1 heterocycles. The van der Waals surface area contributed by atoms with Crippen LogP contribution in [0.4, 0.5) is 0 Å². The highest BCUT2D eigenvalue weighted by atomic mass is 16.3. The largest absolute Gasteiger partial charge is 0.448 e. The van der Waals surface area contributed by atoms with Gasteiger partial charge < -0.3 is 4.42 Å². The van der Waals surface area contributed by atoms with Gasteiger partial charge in [0, 0.05) is 5.41 Å². The average molecular weight is 185 g/mol. The van der Waals surface area contributed by atoms with Gasteiger partial charge in [-0.2, -0.15) is 0 Å². The van der Waals surface area contributed by atoms with Crippen molar-refractivity contribution in [3.63, 3.8) is 0 Å². The highest BCUT2D eigenvalue weighted by Crippen LogP contribution is 2.18. The van der Waals surface area contributed by atoms with Crippen molar-refractivity contribution in [1.82, 2.24) is 4.98 Å². The molecule has 0 fully saturated rings. The molecule has 0 spiro atoms. The fraction of sp³-hybridized carbons (Fsp3) is 0.727. The SMILES string of the molecule is CC.CC.CC(C)(C)c1ncco1. The van der Waals surface area contributed by atoms with Crippen LogP contribution in [0, 0.1) is 0 Å². The molecule has 0 unspecified atom stereocenters. The van der Waals surface area contributed by atoms with E-state index >= 15 is 0 Å². The van der Waals surface area contributed by atoms with Crippen LogP contribution >= 0.6 is 0 Å². The van der Waals surface area contributed by atoms with Gasteiger partial charge in [0.1, 0.15) is 6.26 Å². The van der Waals surface area contributed by atoms with E-state index < -0.39 is 0 Å². The number of nitrogens with zero attached hydrogens (tertiary/aromatic N) is 1. The third kappa shape index (κ3) is 6.38. The molecule has 0 aliphatic rings. The topological polar surface area (TPSA) is 26.0 Å². The predicted molar refractivity (Wildman–Crippen MR) is 57.9 cm³/mol. The van der Waals surface area contributed by atoms with E-state index in [9.17, 15) is 0 Å². The molecule has 0 atom stereocenters. The highest BCUT2D eigenvalue weighted by Gasteiger charge is 2.17. The summed E-state index contributed by atoms with van der Waals surface area (Å²) in [5.41, 5.74) is 0.0451. The molecule has 78 valence electrons. The molecule has 0 radical (unpaired) electrons. The zero-order valence-corrected chi connectivity index (χ0v) is 10.0. The molecule has 13 heavy (non-hydrogen) atoms. The first kappa shape index (κ1) is 14.7. The van der Waals surface area contributed by atoms with Crippen LogP contribution in [0.15, 0.2) is 16.9 Å². The fourth-order valence-electron chi connectivity index (χ4n) is 0.594. The van der Waals surface area contributed by atoms with Gasteiger partial charge in [-0.1, -0.05) is 48.5 Å². The molecule has 1 aromatic rings. The molecule has 0 saturated carbocycles. The Labute approximate surface area is 82.4 Å². The molecule has 0 bridgehead atoms. The van der Waals surface area contributed by atoms with E-state index in [1.54, 1.807) is 12.5 Å². The van der Waals surface area contributed by atoms with Crippen LogP contribution in [0.3, 0.4) is 0 Å². The van der Waals surface area contributed by atoms with E-state index in [0.29, 0.717) is 0 Å². The van der Waals surface area contributed by atoms with E-state index in [-0.39, 0.29) is 5.41 Å². The zero-order chi connectivity index (χ0) is 10.9. The predicted octanol–water partition coefficient (Wildman–Crippen LogP) is 4.02. The summed E-state index contributed by atoms with van der Waals surface area (Å²) in [7, 11) is 0. The summed E-state index contributed by atoms with van der Waals surface area (Å²) >= 11 is 0. The second kappa shape index (κ2) is 7.84. The summed E-state index contributed by atoms with van der Waals surface area (Å²) in [6.07, 6.45) is 3.27. The second-order valence-electron chi connectivity index (χ2n) is 3.09. The smallest absolute Gasteiger partial charge is 0.199 e. The van der Waals surface area contributed by atoms with E-state index in [1.165, 1.54) is 0 Å². The average Bonchev–Trinajstić information content (AvgIpc) is 2.63. The molecule has 0 saturated heterocycles. The van der Waals surface area contributed by atoms with Crippen molar-refractivity contribution in [2.75, 3.05) is 0 Å². The monoisotopic (exact) mass is 185 g/mol. The minimum atomic E-state index is 0.0451. The van der Waals surface area contributed by atoms with Crippen molar-refractivity contribution >= 4 is 0 Å². The molecule has 0 N–H and O–H groups in total. The lowest BCUT2D eigenvalue weighted by Gasteiger charge is -2.11.